The number of hydrogen-bond acceptors (Lipinski definition) is 7. The van der Waals surface area contributed by atoms with Gasteiger partial charge in [-0.1, -0.05) is 0 Å². The Kier molecular flexibility index (Phi) is 6.74. The van der Waals surface area contributed by atoms with Crippen molar-refractivity contribution in [2.45, 2.75) is 11.8 Å². The Bertz CT molecular complexity index is 1220. The molecule has 0 atom stereocenters. The van der Waals surface area contributed by atoms with Gasteiger partial charge in [0.1, 0.15) is 17.3 Å². The summed E-state index contributed by atoms with van der Waals surface area (Å²) in [5, 5.41) is 10.9. The molecule has 0 saturated carbocycles. The lowest BCUT2D eigenvalue weighted by Crippen LogP contribution is -2.35. The average molecular weight is 455 g/mol. The van der Waals surface area contributed by atoms with E-state index in [2.05, 4.69) is 4.99 Å². The Morgan fingerprint density at radius 1 is 0.875 bits per heavy atom. The Morgan fingerprint density at radius 3 is 1.84 bits per heavy atom. The van der Waals surface area contributed by atoms with Crippen LogP contribution in [0.1, 0.15) is 6.92 Å². The van der Waals surface area contributed by atoms with Crippen molar-refractivity contribution in [3.63, 3.8) is 0 Å². The molecule has 3 aromatic carbocycles. The predicted octanol–water partition coefficient (Wildman–Crippen LogP) is 4.56. The maximum absolute atomic E-state index is 13.5. The lowest BCUT2D eigenvalue weighted by Gasteiger charge is -2.24. The molecule has 0 radical (unpaired) electrons. The Balaban J connectivity index is 2.10. The van der Waals surface area contributed by atoms with Crippen LogP contribution in [0.25, 0.3) is 0 Å². The molecule has 0 spiro atoms. The van der Waals surface area contributed by atoms with Crippen molar-refractivity contribution in [3.05, 3.63) is 82.9 Å². The van der Waals surface area contributed by atoms with Crippen LogP contribution in [0.15, 0.2) is 82.7 Å². The number of sulfonamides is 1. The second-order valence-electron chi connectivity index (χ2n) is 6.58. The molecule has 0 aromatic heterocycles. The summed E-state index contributed by atoms with van der Waals surface area (Å²) in [7, 11) is -1.08. The maximum atomic E-state index is 13.5. The fourth-order valence-corrected chi connectivity index (χ4v) is 4.43. The van der Waals surface area contributed by atoms with Crippen LogP contribution in [0.3, 0.4) is 0 Å². The minimum atomic E-state index is -4.13. The van der Waals surface area contributed by atoms with E-state index in [-0.39, 0.29) is 16.4 Å². The minimum absolute atomic E-state index is 0.108. The van der Waals surface area contributed by atoms with Gasteiger partial charge in [0.05, 0.1) is 35.4 Å². The molecule has 0 saturated heterocycles. The van der Waals surface area contributed by atoms with Crippen molar-refractivity contribution in [1.29, 1.82) is 0 Å². The van der Waals surface area contributed by atoms with Gasteiger partial charge in [-0.05, 0) is 67.6 Å². The molecule has 166 valence electrons. The maximum Gasteiger partial charge on any atom is 0.269 e. The first-order valence-corrected chi connectivity index (χ1v) is 10.8. The first-order valence-electron chi connectivity index (χ1n) is 9.39. The second kappa shape index (κ2) is 9.48. The summed E-state index contributed by atoms with van der Waals surface area (Å²) in [6.45, 7) is 1.57. The summed E-state index contributed by atoms with van der Waals surface area (Å²) in [6.07, 6.45) is 0. The monoisotopic (exact) mass is 455 g/mol. The number of anilines is 1. The van der Waals surface area contributed by atoms with Crippen molar-refractivity contribution in [2.24, 2.45) is 4.99 Å². The summed E-state index contributed by atoms with van der Waals surface area (Å²) in [5.41, 5.74) is 0.656. The molecule has 32 heavy (non-hydrogen) atoms. The van der Waals surface area contributed by atoms with E-state index in [1.165, 1.54) is 19.2 Å². The number of nitrogens with zero attached hydrogens (tertiary/aromatic N) is 3. The lowest BCUT2D eigenvalue weighted by molar-refractivity contribution is -0.384. The smallest absolute Gasteiger partial charge is 0.269 e. The normalized spacial score (nSPS) is 11.7. The molecule has 0 bridgehead atoms. The van der Waals surface area contributed by atoms with Gasteiger partial charge in [0.15, 0.2) is 0 Å². The zero-order chi connectivity index (χ0) is 23.3. The van der Waals surface area contributed by atoms with Gasteiger partial charge in [-0.3, -0.25) is 10.1 Å². The predicted molar refractivity (Wildman–Crippen MR) is 122 cm³/mol. The highest BCUT2D eigenvalue weighted by Gasteiger charge is 2.28. The van der Waals surface area contributed by atoms with Crippen LogP contribution in [-0.4, -0.2) is 33.4 Å². The van der Waals surface area contributed by atoms with Crippen LogP contribution in [0.4, 0.5) is 17.1 Å². The van der Waals surface area contributed by atoms with Crippen LogP contribution >= 0.6 is 0 Å². The van der Waals surface area contributed by atoms with E-state index in [0.717, 1.165) is 16.4 Å². The van der Waals surface area contributed by atoms with Gasteiger partial charge < -0.3 is 9.47 Å². The number of amidine groups is 1. The molecule has 0 unspecified atom stereocenters. The van der Waals surface area contributed by atoms with Gasteiger partial charge in [-0.25, -0.2) is 17.7 Å². The molecule has 0 N–H and O–H groups in total. The Morgan fingerprint density at radius 2 is 1.38 bits per heavy atom. The number of rotatable bonds is 7. The molecule has 10 heteroatoms. The number of hydrogen-bond donors (Lipinski definition) is 0. The van der Waals surface area contributed by atoms with E-state index < -0.39 is 14.9 Å². The van der Waals surface area contributed by atoms with Crippen molar-refractivity contribution in [3.8, 4) is 11.5 Å². The molecule has 0 heterocycles. The number of benzene rings is 3. The van der Waals surface area contributed by atoms with Crippen molar-refractivity contribution < 1.29 is 22.8 Å². The van der Waals surface area contributed by atoms with Gasteiger partial charge in [0.25, 0.3) is 15.7 Å². The molecule has 3 aromatic rings. The largest absolute Gasteiger partial charge is 0.497 e. The number of nitro benzene ring substituents is 1. The molecule has 0 fully saturated rings. The molecular formula is C22H21N3O6S. The van der Waals surface area contributed by atoms with Gasteiger partial charge in [0.2, 0.25) is 0 Å². The molecule has 0 aliphatic rings. The quantitative estimate of drug-likeness (QED) is 0.223. The van der Waals surface area contributed by atoms with E-state index in [0.29, 0.717) is 22.9 Å². The van der Waals surface area contributed by atoms with E-state index in [1.807, 2.05) is 0 Å². The zero-order valence-electron chi connectivity index (χ0n) is 17.6. The van der Waals surface area contributed by atoms with E-state index in [1.54, 1.807) is 62.6 Å². The first kappa shape index (κ1) is 22.8. The Hall–Kier alpha value is -3.92. The number of nitro groups is 1. The summed E-state index contributed by atoms with van der Waals surface area (Å²) >= 11 is 0. The summed E-state index contributed by atoms with van der Waals surface area (Å²) in [5.74, 6) is 1.39. The van der Waals surface area contributed by atoms with Crippen LogP contribution in [-0.2, 0) is 10.0 Å². The van der Waals surface area contributed by atoms with Gasteiger partial charge in [-0.15, -0.1) is 0 Å². The highest BCUT2D eigenvalue weighted by atomic mass is 32.2. The summed E-state index contributed by atoms with van der Waals surface area (Å²) < 4.78 is 38.4. The SMILES string of the molecule is COc1ccc(N=C(C)N(c2ccc(OC)cc2)S(=O)(=O)c2ccc([N+](=O)[O-])cc2)cc1. The fourth-order valence-electron chi connectivity index (χ4n) is 2.95. The average Bonchev–Trinajstić information content (AvgIpc) is 2.80. The van der Waals surface area contributed by atoms with E-state index in [9.17, 15) is 18.5 Å². The summed E-state index contributed by atoms with van der Waals surface area (Å²) in [4.78, 5) is 14.7. The Labute approximate surface area is 185 Å². The van der Waals surface area contributed by atoms with E-state index >= 15 is 0 Å². The second-order valence-corrected chi connectivity index (χ2v) is 8.36. The number of methoxy groups -OCH3 is 2. The van der Waals surface area contributed by atoms with Crippen molar-refractivity contribution >= 4 is 32.9 Å². The van der Waals surface area contributed by atoms with Crippen LogP contribution in [0.2, 0.25) is 0 Å². The molecule has 0 amide bonds. The fraction of sp³-hybridized carbons (Fsp3) is 0.136. The summed E-state index contributed by atoms with van der Waals surface area (Å²) in [6, 6.07) is 18.0. The van der Waals surface area contributed by atoms with Crippen LogP contribution in [0.5, 0.6) is 11.5 Å². The third-order valence-electron chi connectivity index (χ3n) is 4.55. The number of aliphatic imine (C=N–C) groups is 1. The highest BCUT2D eigenvalue weighted by Crippen LogP contribution is 2.29. The molecular weight excluding hydrogens is 434 g/mol. The third-order valence-corrected chi connectivity index (χ3v) is 6.37. The lowest BCUT2D eigenvalue weighted by atomic mass is 10.3. The molecule has 0 aliphatic carbocycles. The zero-order valence-corrected chi connectivity index (χ0v) is 18.4. The van der Waals surface area contributed by atoms with Crippen molar-refractivity contribution in [2.75, 3.05) is 18.5 Å². The topological polar surface area (TPSA) is 111 Å². The van der Waals surface area contributed by atoms with Crippen LogP contribution in [0, 0.1) is 10.1 Å². The van der Waals surface area contributed by atoms with E-state index in [4.69, 9.17) is 9.47 Å². The van der Waals surface area contributed by atoms with Crippen molar-refractivity contribution in [1.82, 2.24) is 0 Å². The van der Waals surface area contributed by atoms with Gasteiger partial charge >= 0.3 is 0 Å². The standard InChI is InChI=1S/C22H21N3O6S/c1-16(23-17-4-10-20(30-2)11-5-17)24(18-6-12-21(31-3)13-7-18)32(28,29)22-14-8-19(9-15-22)25(26)27/h4-15H,1-3H3. The van der Waals surface area contributed by atoms with Crippen LogP contribution < -0.4 is 13.8 Å². The van der Waals surface area contributed by atoms with Gasteiger partial charge in [0, 0.05) is 12.1 Å². The van der Waals surface area contributed by atoms with Gasteiger partial charge in [-0.2, -0.15) is 0 Å². The number of ether oxygens (including phenoxy) is 2. The molecule has 3 rings (SSSR count). The third kappa shape index (κ3) is 4.86. The highest BCUT2D eigenvalue weighted by molar-refractivity contribution is 7.93. The molecule has 9 nitrogen and oxygen atoms in total. The number of non-ortho nitro benzene ring substituents is 1. The first-order chi connectivity index (χ1) is 15.3. The molecule has 0 aliphatic heterocycles. The minimum Gasteiger partial charge on any atom is -0.497 e.